The van der Waals surface area contributed by atoms with E-state index in [4.69, 9.17) is 27.4 Å². The summed E-state index contributed by atoms with van der Waals surface area (Å²) in [6.07, 6.45) is 8.62. The molecule has 0 nitrogen and oxygen atoms in total. The Balaban J connectivity index is 0.00000171. The molecule has 6 aromatic rings. The molecule has 0 aromatic heterocycles. The minimum atomic E-state index is -4.88. The van der Waals surface area contributed by atoms with Gasteiger partial charge in [0.05, 0.1) is 0 Å². The molecule has 5 heteroatoms. The second-order valence-electron chi connectivity index (χ2n) is 11.8. The van der Waals surface area contributed by atoms with E-state index in [1.165, 1.54) is 56.9 Å². The summed E-state index contributed by atoms with van der Waals surface area (Å²) in [7, 11) is 0. The number of hydrogen-bond donors (Lipinski definition) is 0. The Hall–Kier alpha value is -2.77. The summed E-state index contributed by atoms with van der Waals surface area (Å²) in [6.45, 7) is 0. The topological polar surface area (TPSA) is 0 Å². The van der Waals surface area contributed by atoms with Crippen LogP contribution in [-0.2, 0) is 24.7 Å². The van der Waals surface area contributed by atoms with Gasteiger partial charge in [-0.25, -0.2) is 0 Å². The van der Waals surface area contributed by atoms with Crippen LogP contribution in [-0.4, -0.2) is 4.21 Å². The number of hydrogen-bond acceptors (Lipinski definition) is 0. The van der Waals surface area contributed by atoms with E-state index in [-0.39, 0.29) is 24.8 Å². The minimum absolute atomic E-state index is 0. The predicted molar refractivity (Wildman–Crippen MR) is 195 cm³/mol. The van der Waals surface area contributed by atoms with E-state index in [0.717, 1.165) is 22.9 Å². The molecule has 0 unspecified atom stereocenters. The Morgan fingerprint density at radius 1 is 0.614 bits per heavy atom. The van der Waals surface area contributed by atoms with Crippen molar-refractivity contribution in [3.05, 3.63) is 158 Å². The molecule has 6 aromatic carbocycles. The first-order valence-electron chi connectivity index (χ1n) is 14.4. The fraction of sp³-hybridized carbons (Fsp3) is 0.0513. The number of halogens is 4. The Kier molecular flexibility index (Phi) is 8.19. The Labute approximate surface area is 281 Å². The van der Waals surface area contributed by atoms with Gasteiger partial charge in [0.25, 0.3) is 0 Å². The summed E-state index contributed by atoms with van der Waals surface area (Å²) in [4.78, 5) is 0. The molecule has 0 fully saturated rings. The van der Waals surface area contributed by atoms with Gasteiger partial charge in [0.2, 0.25) is 0 Å². The van der Waals surface area contributed by atoms with Gasteiger partial charge < -0.3 is 0 Å². The van der Waals surface area contributed by atoms with Crippen molar-refractivity contribution in [2.24, 2.45) is 0 Å². The molecule has 0 bridgehead atoms. The molecule has 0 aliphatic heterocycles. The van der Waals surface area contributed by atoms with Crippen LogP contribution in [0.1, 0.15) is 17.5 Å². The summed E-state index contributed by atoms with van der Waals surface area (Å²) >= 11 is 8.17. The standard InChI is InChI=1S/C21H13.2C6H4Cl.C5H5.CH2.2ClH.Zr/c1-2-8-15-14(7-1)13-20-18-11-4-3-9-16(18)17-10-5-6-12-19(17)21(15)20;2*7-6-4-2-1-3-5-6;1-2-4-5-3-1;;;;/h1-10,12H,13H2;2*2-5H;1-3H,4H2;1H2;2*1H;. The van der Waals surface area contributed by atoms with Gasteiger partial charge in [-0.3, -0.25) is 0 Å². The average molecular weight is 732 g/mol. The van der Waals surface area contributed by atoms with E-state index < -0.39 is 18.3 Å². The molecular weight excluding hydrogens is 701 g/mol. The van der Waals surface area contributed by atoms with E-state index in [0.29, 0.717) is 0 Å². The third kappa shape index (κ3) is 4.24. The van der Waals surface area contributed by atoms with Gasteiger partial charge in [-0.05, 0) is 0 Å². The molecule has 2 aliphatic rings. The van der Waals surface area contributed by atoms with Gasteiger partial charge in [-0.1, -0.05) is 0 Å². The van der Waals surface area contributed by atoms with Gasteiger partial charge in [0, 0.05) is 0 Å². The van der Waals surface area contributed by atoms with Crippen molar-refractivity contribution in [2.45, 2.75) is 12.8 Å². The predicted octanol–water partition coefficient (Wildman–Crippen LogP) is 9.96. The Morgan fingerprint density at radius 3 is 1.84 bits per heavy atom. The molecule has 0 saturated heterocycles. The molecule has 0 radical (unpaired) electrons. The molecule has 0 spiro atoms. The van der Waals surface area contributed by atoms with Crippen molar-refractivity contribution in [2.75, 3.05) is 0 Å². The fourth-order valence-electron chi connectivity index (χ4n) is 7.89. The van der Waals surface area contributed by atoms with Crippen LogP contribution in [0.5, 0.6) is 0 Å². The van der Waals surface area contributed by atoms with Gasteiger partial charge in [0.15, 0.2) is 0 Å². The van der Waals surface area contributed by atoms with Crippen molar-refractivity contribution in [3.63, 3.8) is 0 Å². The molecule has 44 heavy (non-hydrogen) atoms. The monoisotopic (exact) mass is 728 g/mol. The SMILES string of the molecule is Cl.Cl.[CH2]=[Zr]([C]1=CC=CC1)([c]1ccc(Cl)cc1)([c]1ccc(Cl)cc1)[c]1cccc2c1c1c(c3ccccc32)-c2ccccc2C1. The van der Waals surface area contributed by atoms with E-state index in [9.17, 15) is 0 Å². The van der Waals surface area contributed by atoms with E-state index in [2.05, 4.69) is 109 Å². The zero-order chi connectivity index (χ0) is 28.5. The number of allylic oxidation sites excluding steroid dienone is 4. The summed E-state index contributed by atoms with van der Waals surface area (Å²) < 4.78 is 10.9. The average Bonchev–Trinajstić information content (AvgIpc) is 3.71. The van der Waals surface area contributed by atoms with Gasteiger partial charge in [0.1, 0.15) is 0 Å². The van der Waals surface area contributed by atoms with E-state index in [1.54, 1.807) is 0 Å². The zero-order valence-corrected chi connectivity index (χ0v) is 29.5. The van der Waals surface area contributed by atoms with Crippen molar-refractivity contribution < 1.29 is 18.3 Å². The van der Waals surface area contributed by atoms with Crippen LogP contribution < -0.4 is 9.81 Å². The number of benzene rings is 6. The van der Waals surface area contributed by atoms with Gasteiger partial charge >= 0.3 is 259 Å². The maximum atomic E-state index is 6.53. The van der Waals surface area contributed by atoms with Crippen LogP contribution >= 0.6 is 48.0 Å². The van der Waals surface area contributed by atoms with Crippen LogP contribution in [0.4, 0.5) is 0 Å². The molecule has 0 saturated carbocycles. The first-order chi connectivity index (χ1) is 20.5. The van der Waals surface area contributed by atoms with Crippen molar-refractivity contribution in [1.82, 2.24) is 0 Å². The van der Waals surface area contributed by atoms with Crippen LogP contribution in [0.15, 0.2) is 137 Å². The quantitative estimate of drug-likeness (QED) is 0.158. The van der Waals surface area contributed by atoms with Gasteiger partial charge in [-0.15, -0.1) is 24.8 Å². The molecule has 0 atom stereocenters. The van der Waals surface area contributed by atoms with E-state index in [1.807, 2.05) is 24.3 Å². The Bertz CT molecular complexity index is 2160. The molecule has 8 rings (SSSR count). The molecule has 0 N–H and O–H groups in total. The van der Waals surface area contributed by atoms with Crippen LogP contribution in [0.25, 0.3) is 32.7 Å². The summed E-state index contributed by atoms with van der Waals surface area (Å²) in [6, 6.07) is 41.9. The zero-order valence-electron chi connectivity index (χ0n) is 23.9. The Morgan fingerprint density at radius 2 is 1.20 bits per heavy atom. The summed E-state index contributed by atoms with van der Waals surface area (Å²) in [5, 5.41) is 6.74. The fourth-order valence-corrected chi connectivity index (χ4v) is 23.3. The third-order valence-electron chi connectivity index (χ3n) is 9.85. The number of rotatable bonds is 4. The number of fused-ring (bicyclic) bond motifs is 8. The molecule has 0 amide bonds. The first-order valence-corrected chi connectivity index (χ1v) is 21.9. The van der Waals surface area contributed by atoms with Crippen molar-refractivity contribution in [1.29, 1.82) is 0 Å². The second-order valence-corrected chi connectivity index (χ2v) is 25.5. The molecule has 218 valence electrons. The second kappa shape index (κ2) is 11.5. The summed E-state index contributed by atoms with van der Waals surface area (Å²) in [5.41, 5.74) is 5.52. The third-order valence-corrected chi connectivity index (χ3v) is 26.6. The van der Waals surface area contributed by atoms with E-state index >= 15 is 0 Å². The maximum absolute atomic E-state index is 6.53. The van der Waals surface area contributed by atoms with Crippen molar-refractivity contribution in [3.8, 4) is 11.1 Å². The van der Waals surface area contributed by atoms with Crippen LogP contribution in [0.3, 0.4) is 0 Å². The van der Waals surface area contributed by atoms with Crippen LogP contribution in [0.2, 0.25) is 10.0 Å². The summed E-state index contributed by atoms with van der Waals surface area (Å²) in [5.74, 6) is 0. The molecule has 0 heterocycles. The van der Waals surface area contributed by atoms with Crippen LogP contribution in [0, 0.1) is 0 Å². The first kappa shape index (κ1) is 31.2. The van der Waals surface area contributed by atoms with Gasteiger partial charge in [-0.2, -0.15) is 0 Å². The molecule has 2 aliphatic carbocycles. The normalized spacial score (nSPS) is 13.7. The van der Waals surface area contributed by atoms with Crippen molar-refractivity contribution >= 4 is 83.6 Å². The molecular formula is C39H30Cl4Zr.